The van der Waals surface area contributed by atoms with Gasteiger partial charge in [0.1, 0.15) is 0 Å². The first-order valence-corrected chi connectivity index (χ1v) is 10.6. The van der Waals surface area contributed by atoms with Gasteiger partial charge in [0.05, 0.1) is 32.9 Å². The fourth-order valence-electron chi connectivity index (χ4n) is 3.62. The molecule has 0 unspecified atom stereocenters. The van der Waals surface area contributed by atoms with Crippen molar-refractivity contribution in [2.24, 2.45) is 0 Å². The average Bonchev–Trinajstić information content (AvgIpc) is 3.40. The molecule has 0 N–H and O–H groups in total. The summed E-state index contributed by atoms with van der Waals surface area (Å²) in [5.41, 5.74) is 3.31. The van der Waals surface area contributed by atoms with Crippen LogP contribution in [-0.4, -0.2) is 62.5 Å². The van der Waals surface area contributed by atoms with Crippen LogP contribution in [0.2, 0.25) is 0 Å². The van der Waals surface area contributed by atoms with E-state index in [1.54, 1.807) is 20.7 Å². The maximum absolute atomic E-state index is 13.1. The number of amides is 2. The number of carbonyl (C=O) groups excluding carboxylic acids is 2. The number of aromatic nitrogens is 2. The molecule has 2 amide bonds. The molecule has 1 aliphatic heterocycles. The molecular weight excluding hydrogens is 418 g/mol. The molecule has 4 rings (SSSR count). The van der Waals surface area contributed by atoms with Gasteiger partial charge in [-0.3, -0.25) is 19.7 Å². The van der Waals surface area contributed by atoms with Crippen LogP contribution in [0, 0.1) is 24.0 Å². The van der Waals surface area contributed by atoms with Gasteiger partial charge in [0.2, 0.25) is 0 Å². The Balaban J connectivity index is 1.43. The van der Waals surface area contributed by atoms with Crippen LogP contribution in [0.15, 0.2) is 42.6 Å². The molecule has 0 spiro atoms. The van der Waals surface area contributed by atoms with Crippen LogP contribution < -0.4 is 0 Å². The lowest BCUT2D eigenvalue weighted by Gasteiger charge is -2.34. The molecule has 0 radical (unpaired) electrons. The summed E-state index contributed by atoms with van der Waals surface area (Å²) in [6.45, 7) is 5.42. The highest BCUT2D eigenvalue weighted by molar-refractivity contribution is 7.17. The monoisotopic (exact) mass is 439 g/mol. The van der Waals surface area contributed by atoms with Crippen LogP contribution in [0.1, 0.15) is 31.3 Å². The summed E-state index contributed by atoms with van der Waals surface area (Å²) in [6, 6.07) is 10.7. The zero-order valence-electron chi connectivity index (χ0n) is 17.1. The van der Waals surface area contributed by atoms with E-state index in [1.807, 2.05) is 38.1 Å². The third-order valence-electron chi connectivity index (χ3n) is 5.32. The van der Waals surface area contributed by atoms with Gasteiger partial charge in [0, 0.05) is 32.2 Å². The summed E-state index contributed by atoms with van der Waals surface area (Å²) in [5, 5.41) is 15.2. The summed E-state index contributed by atoms with van der Waals surface area (Å²) >= 11 is 0.868. The highest BCUT2D eigenvalue weighted by Gasteiger charge is 2.28. The molecule has 3 heterocycles. The Morgan fingerprint density at radius 1 is 1.03 bits per heavy atom. The van der Waals surface area contributed by atoms with Gasteiger partial charge >= 0.3 is 5.00 Å². The Bertz CT molecular complexity index is 1160. The maximum Gasteiger partial charge on any atom is 0.324 e. The Hall–Kier alpha value is -3.53. The predicted molar refractivity (Wildman–Crippen MR) is 116 cm³/mol. The molecule has 2 aromatic heterocycles. The Labute approximate surface area is 182 Å². The number of aryl methyl sites for hydroxylation is 1. The van der Waals surface area contributed by atoms with Gasteiger partial charge in [-0.05, 0) is 37.6 Å². The Kier molecular flexibility index (Phi) is 5.55. The Morgan fingerprint density at radius 3 is 2.32 bits per heavy atom. The highest BCUT2D eigenvalue weighted by atomic mass is 32.1. The number of piperazine rings is 1. The first kappa shape index (κ1) is 20.7. The molecule has 1 saturated heterocycles. The minimum absolute atomic E-state index is 0.0572. The van der Waals surface area contributed by atoms with Crippen LogP contribution in [0.25, 0.3) is 5.69 Å². The van der Waals surface area contributed by atoms with Crippen molar-refractivity contribution in [3.8, 4) is 5.69 Å². The lowest BCUT2D eigenvalue weighted by Crippen LogP contribution is -2.50. The lowest BCUT2D eigenvalue weighted by atomic mass is 10.2. The van der Waals surface area contributed by atoms with Crippen molar-refractivity contribution < 1.29 is 14.5 Å². The van der Waals surface area contributed by atoms with Crippen LogP contribution in [0.3, 0.4) is 0 Å². The van der Waals surface area contributed by atoms with Gasteiger partial charge in [-0.1, -0.05) is 23.5 Å². The van der Waals surface area contributed by atoms with Crippen LogP contribution >= 0.6 is 11.3 Å². The van der Waals surface area contributed by atoms with E-state index in [0.717, 1.165) is 28.3 Å². The number of carbonyl (C=O) groups is 2. The number of thiophene rings is 1. The van der Waals surface area contributed by atoms with E-state index in [9.17, 15) is 19.7 Å². The van der Waals surface area contributed by atoms with Gasteiger partial charge in [0.25, 0.3) is 11.8 Å². The maximum atomic E-state index is 13.1. The SMILES string of the molecule is Cc1cccc(-n2ncc(C(=O)N3CCN(C(=O)c4ccc([N+](=O)[O-])s4)CC3)c2C)c1. The molecule has 0 aliphatic carbocycles. The van der Waals surface area contributed by atoms with Crippen molar-refractivity contribution in [3.05, 3.63) is 74.4 Å². The quantitative estimate of drug-likeness (QED) is 0.459. The minimum Gasteiger partial charge on any atom is -0.335 e. The molecule has 0 bridgehead atoms. The molecule has 160 valence electrons. The third kappa shape index (κ3) is 4.06. The molecule has 0 atom stereocenters. The smallest absolute Gasteiger partial charge is 0.324 e. The van der Waals surface area contributed by atoms with Crippen molar-refractivity contribution >= 4 is 28.2 Å². The van der Waals surface area contributed by atoms with E-state index >= 15 is 0 Å². The Morgan fingerprint density at radius 2 is 1.71 bits per heavy atom. The van der Waals surface area contributed by atoms with E-state index in [-0.39, 0.29) is 16.8 Å². The van der Waals surface area contributed by atoms with Crippen molar-refractivity contribution in [1.82, 2.24) is 19.6 Å². The van der Waals surface area contributed by atoms with E-state index < -0.39 is 4.92 Å². The summed E-state index contributed by atoms with van der Waals surface area (Å²) in [4.78, 5) is 39.7. The zero-order chi connectivity index (χ0) is 22.1. The number of rotatable bonds is 4. The fourth-order valence-corrected chi connectivity index (χ4v) is 4.41. The summed E-state index contributed by atoms with van der Waals surface area (Å²) in [5.74, 6) is -0.357. The molecule has 9 nitrogen and oxygen atoms in total. The van der Waals surface area contributed by atoms with Crippen molar-refractivity contribution in [2.45, 2.75) is 13.8 Å². The van der Waals surface area contributed by atoms with Crippen LogP contribution in [-0.2, 0) is 0 Å². The standard InChI is InChI=1S/C21H21N5O4S/c1-14-4-3-5-16(12-14)25-15(2)17(13-22-25)20(27)23-8-10-24(11-9-23)21(28)18-6-7-19(31-18)26(29)30/h3-7,12-13H,8-11H2,1-2H3. The van der Waals surface area contributed by atoms with Gasteiger partial charge in [-0.25, -0.2) is 4.68 Å². The molecule has 3 aromatic rings. The molecule has 0 saturated carbocycles. The van der Waals surface area contributed by atoms with E-state index in [4.69, 9.17) is 0 Å². The largest absolute Gasteiger partial charge is 0.335 e. The second-order valence-electron chi connectivity index (χ2n) is 7.37. The van der Waals surface area contributed by atoms with Gasteiger partial charge < -0.3 is 9.80 Å². The second-order valence-corrected chi connectivity index (χ2v) is 8.44. The minimum atomic E-state index is -0.503. The number of hydrogen-bond acceptors (Lipinski definition) is 6. The van der Waals surface area contributed by atoms with Crippen LogP contribution in [0.4, 0.5) is 5.00 Å². The predicted octanol–water partition coefficient (Wildman–Crippen LogP) is 3.06. The second kappa shape index (κ2) is 8.31. The van der Waals surface area contributed by atoms with Crippen molar-refractivity contribution in [2.75, 3.05) is 26.2 Å². The summed E-state index contributed by atoms with van der Waals surface area (Å²) in [6.07, 6.45) is 1.59. The number of benzene rings is 1. The van der Waals surface area contributed by atoms with Crippen molar-refractivity contribution in [3.63, 3.8) is 0 Å². The first-order chi connectivity index (χ1) is 14.8. The molecule has 1 aliphatic rings. The number of hydrogen-bond donors (Lipinski definition) is 0. The van der Waals surface area contributed by atoms with Gasteiger partial charge in [-0.15, -0.1) is 0 Å². The normalized spacial score (nSPS) is 14.0. The van der Waals surface area contributed by atoms with E-state index in [1.165, 1.54) is 12.1 Å². The van der Waals surface area contributed by atoms with Gasteiger partial charge in [0.15, 0.2) is 0 Å². The topological polar surface area (TPSA) is 102 Å². The molecule has 1 aromatic carbocycles. The first-order valence-electron chi connectivity index (χ1n) is 9.79. The van der Waals surface area contributed by atoms with Crippen LogP contribution in [0.5, 0.6) is 0 Å². The number of nitro groups is 1. The summed E-state index contributed by atoms with van der Waals surface area (Å²) in [7, 11) is 0. The zero-order valence-corrected chi connectivity index (χ0v) is 18.0. The molecule has 10 heteroatoms. The summed E-state index contributed by atoms with van der Waals surface area (Å²) < 4.78 is 1.75. The lowest BCUT2D eigenvalue weighted by molar-refractivity contribution is -0.380. The van der Waals surface area contributed by atoms with E-state index in [2.05, 4.69) is 5.10 Å². The molecule has 1 fully saturated rings. The van der Waals surface area contributed by atoms with Crippen molar-refractivity contribution in [1.29, 1.82) is 0 Å². The van der Waals surface area contributed by atoms with E-state index in [0.29, 0.717) is 36.6 Å². The van der Waals surface area contributed by atoms with Gasteiger partial charge in [-0.2, -0.15) is 5.10 Å². The highest BCUT2D eigenvalue weighted by Crippen LogP contribution is 2.25. The third-order valence-corrected chi connectivity index (χ3v) is 6.35. The molecular formula is C21H21N5O4S. The number of nitrogens with zero attached hydrogens (tertiary/aromatic N) is 5. The fraction of sp³-hybridized carbons (Fsp3) is 0.286. The molecule has 31 heavy (non-hydrogen) atoms. The average molecular weight is 439 g/mol.